The van der Waals surface area contributed by atoms with E-state index in [1.165, 1.54) is 6.92 Å². The van der Waals surface area contributed by atoms with E-state index in [4.69, 9.17) is 0 Å². The molecule has 14 heavy (non-hydrogen) atoms. The second-order valence-corrected chi connectivity index (χ2v) is 3.64. The second kappa shape index (κ2) is 5.68. The maximum absolute atomic E-state index is 13.4. The third-order valence-electron chi connectivity index (χ3n) is 2.29. The molecular weight excluding hydrogens is 184 g/mol. The molecule has 0 aliphatic heterocycles. The third kappa shape index (κ3) is 3.40. The van der Waals surface area contributed by atoms with Crippen LogP contribution in [0.1, 0.15) is 27.7 Å². The molecule has 80 valence electrons. The summed E-state index contributed by atoms with van der Waals surface area (Å²) in [6.07, 6.45) is 0.942. The summed E-state index contributed by atoms with van der Waals surface area (Å²) in [5.41, 5.74) is 0.0902. The van der Waals surface area contributed by atoms with Crippen LogP contribution in [0, 0.1) is 11.8 Å². The van der Waals surface area contributed by atoms with Crippen LogP contribution in [0.2, 0.25) is 0 Å². The summed E-state index contributed by atoms with van der Waals surface area (Å²) in [5.74, 6) is -1.12. The summed E-state index contributed by atoms with van der Waals surface area (Å²) in [7, 11) is 0. The van der Waals surface area contributed by atoms with Gasteiger partial charge in [-0.05, 0) is 25.5 Å². The summed E-state index contributed by atoms with van der Waals surface area (Å²) in [4.78, 5) is 3.29. The number of nitrogens with zero attached hydrogens (tertiary/aromatic N) is 1. The standard InChI is InChI=1S/C11H17F2N/c1-7(2)8(3)11(9(4)12)10(13)6-14-5/h6-8H,5H2,1-4H3/b10-6+,11-9+. The molecule has 0 aromatic carbocycles. The summed E-state index contributed by atoms with van der Waals surface area (Å²) < 4.78 is 26.4. The van der Waals surface area contributed by atoms with Gasteiger partial charge in [0.25, 0.3) is 0 Å². The molecule has 3 heteroatoms. The minimum absolute atomic E-state index is 0.0902. The van der Waals surface area contributed by atoms with E-state index in [0.717, 1.165) is 6.20 Å². The number of rotatable bonds is 4. The minimum atomic E-state index is -0.638. The van der Waals surface area contributed by atoms with Crippen LogP contribution >= 0.6 is 0 Å². The molecule has 0 saturated carbocycles. The van der Waals surface area contributed by atoms with Crippen LogP contribution in [0.15, 0.2) is 28.4 Å². The van der Waals surface area contributed by atoms with Crippen molar-refractivity contribution in [1.29, 1.82) is 0 Å². The molecule has 0 radical (unpaired) electrons. The highest BCUT2D eigenvalue weighted by molar-refractivity contribution is 5.33. The smallest absolute Gasteiger partial charge is 0.147 e. The molecule has 0 heterocycles. The Bertz CT molecular complexity index is 260. The molecule has 0 fully saturated rings. The van der Waals surface area contributed by atoms with Gasteiger partial charge < -0.3 is 0 Å². The molecule has 0 amide bonds. The van der Waals surface area contributed by atoms with Gasteiger partial charge in [-0.3, -0.25) is 4.99 Å². The molecular formula is C11H17F2N. The van der Waals surface area contributed by atoms with Gasteiger partial charge in [0.15, 0.2) is 0 Å². The number of halogens is 2. The Hall–Kier alpha value is -0.990. The molecule has 1 atom stereocenters. The number of hydrogen-bond donors (Lipinski definition) is 0. The van der Waals surface area contributed by atoms with E-state index in [1.807, 2.05) is 13.8 Å². The van der Waals surface area contributed by atoms with Crippen LogP contribution in [0.5, 0.6) is 0 Å². The van der Waals surface area contributed by atoms with Crippen molar-refractivity contribution in [3.05, 3.63) is 23.4 Å². The fourth-order valence-corrected chi connectivity index (χ4v) is 1.18. The molecule has 0 aliphatic rings. The lowest BCUT2D eigenvalue weighted by Gasteiger charge is -2.18. The fraction of sp³-hybridized carbons (Fsp3) is 0.545. The van der Waals surface area contributed by atoms with E-state index >= 15 is 0 Å². The van der Waals surface area contributed by atoms with E-state index in [-0.39, 0.29) is 17.4 Å². The Morgan fingerprint density at radius 1 is 1.29 bits per heavy atom. The average molecular weight is 201 g/mol. The zero-order valence-corrected chi connectivity index (χ0v) is 9.14. The van der Waals surface area contributed by atoms with Crippen molar-refractivity contribution in [2.45, 2.75) is 27.7 Å². The van der Waals surface area contributed by atoms with Crippen molar-refractivity contribution >= 4 is 6.72 Å². The monoisotopic (exact) mass is 201 g/mol. The Morgan fingerprint density at radius 2 is 1.79 bits per heavy atom. The van der Waals surface area contributed by atoms with Crippen LogP contribution in [0.4, 0.5) is 8.78 Å². The number of aliphatic imine (C=N–C) groups is 1. The van der Waals surface area contributed by atoms with Gasteiger partial charge in [0.1, 0.15) is 11.7 Å². The SMILES string of the molecule is C=N/C=C(F)\C(=C(/C)F)C(C)C(C)C. The van der Waals surface area contributed by atoms with Gasteiger partial charge in [-0.25, -0.2) is 8.78 Å². The van der Waals surface area contributed by atoms with Gasteiger partial charge >= 0.3 is 0 Å². The summed E-state index contributed by atoms with van der Waals surface area (Å²) in [6, 6.07) is 0. The van der Waals surface area contributed by atoms with Crippen molar-refractivity contribution in [2.24, 2.45) is 16.8 Å². The molecule has 0 saturated heterocycles. The van der Waals surface area contributed by atoms with Gasteiger partial charge in [-0.2, -0.15) is 0 Å². The first-order valence-corrected chi connectivity index (χ1v) is 4.60. The molecule has 0 aliphatic carbocycles. The average Bonchev–Trinajstić information content (AvgIpc) is 2.03. The maximum Gasteiger partial charge on any atom is 0.147 e. The molecule has 0 rings (SSSR count). The molecule has 0 aromatic heterocycles. The van der Waals surface area contributed by atoms with Crippen LogP contribution in [-0.4, -0.2) is 6.72 Å². The first-order valence-electron chi connectivity index (χ1n) is 4.60. The second-order valence-electron chi connectivity index (χ2n) is 3.64. The van der Waals surface area contributed by atoms with Crippen LogP contribution in [0.25, 0.3) is 0 Å². The van der Waals surface area contributed by atoms with Crippen LogP contribution < -0.4 is 0 Å². The lowest BCUT2D eigenvalue weighted by Crippen LogP contribution is -2.09. The highest BCUT2D eigenvalue weighted by atomic mass is 19.1. The van der Waals surface area contributed by atoms with Crippen molar-refractivity contribution in [2.75, 3.05) is 0 Å². The molecule has 0 bridgehead atoms. The third-order valence-corrected chi connectivity index (χ3v) is 2.29. The zero-order chi connectivity index (χ0) is 11.3. The van der Waals surface area contributed by atoms with Gasteiger partial charge in [0, 0.05) is 5.57 Å². The number of hydrogen-bond acceptors (Lipinski definition) is 1. The predicted molar refractivity (Wildman–Crippen MR) is 56.6 cm³/mol. The fourth-order valence-electron chi connectivity index (χ4n) is 1.18. The predicted octanol–water partition coefficient (Wildman–Crippen LogP) is 4.03. The van der Waals surface area contributed by atoms with E-state index < -0.39 is 11.7 Å². The highest BCUT2D eigenvalue weighted by Gasteiger charge is 2.19. The normalized spacial score (nSPS) is 16.6. The number of allylic oxidation sites excluding steroid dienone is 3. The Morgan fingerprint density at radius 3 is 2.07 bits per heavy atom. The van der Waals surface area contributed by atoms with Crippen molar-refractivity contribution < 1.29 is 8.78 Å². The van der Waals surface area contributed by atoms with Crippen molar-refractivity contribution in [3.8, 4) is 0 Å². The van der Waals surface area contributed by atoms with E-state index in [1.54, 1.807) is 6.92 Å². The van der Waals surface area contributed by atoms with Gasteiger partial charge in [-0.15, -0.1) is 0 Å². The maximum atomic E-state index is 13.4. The first-order chi connectivity index (χ1) is 6.41. The molecule has 1 unspecified atom stereocenters. The van der Waals surface area contributed by atoms with E-state index in [0.29, 0.717) is 0 Å². The van der Waals surface area contributed by atoms with E-state index in [2.05, 4.69) is 11.7 Å². The van der Waals surface area contributed by atoms with Crippen LogP contribution in [-0.2, 0) is 0 Å². The first kappa shape index (κ1) is 13.0. The lowest BCUT2D eigenvalue weighted by atomic mass is 9.89. The summed E-state index contributed by atoms with van der Waals surface area (Å²) in [5, 5.41) is 0. The van der Waals surface area contributed by atoms with Gasteiger partial charge in [-0.1, -0.05) is 20.8 Å². The molecule has 0 spiro atoms. The Kier molecular flexibility index (Phi) is 5.28. The van der Waals surface area contributed by atoms with Crippen molar-refractivity contribution in [3.63, 3.8) is 0 Å². The quantitative estimate of drug-likeness (QED) is 0.481. The highest BCUT2D eigenvalue weighted by Crippen LogP contribution is 2.30. The molecule has 1 nitrogen and oxygen atoms in total. The molecule has 0 aromatic rings. The largest absolute Gasteiger partial charge is 0.269 e. The zero-order valence-electron chi connectivity index (χ0n) is 9.14. The Balaban J connectivity index is 5.09. The van der Waals surface area contributed by atoms with Crippen LogP contribution in [0.3, 0.4) is 0 Å². The molecule has 0 N–H and O–H groups in total. The summed E-state index contributed by atoms with van der Waals surface area (Å²) >= 11 is 0. The lowest BCUT2D eigenvalue weighted by molar-refractivity contribution is 0.442. The topological polar surface area (TPSA) is 12.4 Å². The van der Waals surface area contributed by atoms with Gasteiger partial charge in [0.05, 0.1) is 6.20 Å². The van der Waals surface area contributed by atoms with E-state index in [9.17, 15) is 8.78 Å². The minimum Gasteiger partial charge on any atom is -0.269 e. The summed E-state index contributed by atoms with van der Waals surface area (Å²) in [6.45, 7) is 10.0. The van der Waals surface area contributed by atoms with Gasteiger partial charge in [0.2, 0.25) is 0 Å². The van der Waals surface area contributed by atoms with Crippen molar-refractivity contribution in [1.82, 2.24) is 0 Å². The Labute approximate surface area is 84.2 Å².